The third-order valence-electron chi connectivity index (χ3n) is 6.53. The van der Waals surface area contributed by atoms with Crippen molar-refractivity contribution in [2.24, 2.45) is 0 Å². The summed E-state index contributed by atoms with van der Waals surface area (Å²) < 4.78 is 91.9. The number of carbonyl (C=O) groups is 2. The largest absolute Gasteiger partial charge is 0.467 e. The van der Waals surface area contributed by atoms with E-state index in [1.54, 1.807) is 39.8 Å². The number of alkyl halides is 6. The van der Waals surface area contributed by atoms with Gasteiger partial charge in [0, 0.05) is 6.54 Å². The van der Waals surface area contributed by atoms with Crippen LogP contribution in [0.5, 0.6) is 0 Å². The van der Waals surface area contributed by atoms with Crippen LogP contribution in [0.2, 0.25) is 0 Å². The Bertz CT molecular complexity index is 1180. The highest BCUT2D eigenvalue weighted by Gasteiger charge is 2.43. The van der Waals surface area contributed by atoms with E-state index in [2.05, 4.69) is 0 Å². The summed E-state index contributed by atoms with van der Waals surface area (Å²) in [6.45, 7) is 6.95. The highest BCUT2D eigenvalue weighted by atomic mass is 19.4. The van der Waals surface area contributed by atoms with Crippen LogP contribution in [-0.4, -0.2) is 38.4 Å². The molecule has 1 unspecified atom stereocenters. The van der Waals surface area contributed by atoms with Crippen LogP contribution in [0.3, 0.4) is 0 Å². The summed E-state index contributed by atoms with van der Waals surface area (Å²) in [5.74, 6) is -1.05. The molecule has 38 heavy (non-hydrogen) atoms. The number of fused-ring (bicyclic) bond motifs is 1. The minimum Gasteiger partial charge on any atom is -0.467 e. The van der Waals surface area contributed by atoms with Gasteiger partial charge in [0.2, 0.25) is 0 Å². The van der Waals surface area contributed by atoms with Crippen molar-refractivity contribution in [2.45, 2.75) is 58.6 Å². The molecule has 2 aromatic carbocycles. The van der Waals surface area contributed by atoms with Crippen LogP contribution < -0.4 is 9.80 Å². The second kappa shape index (κ2) is 10.7. The Hall–Kier alpha value is -3.44. The maximum absolute atomic E-state index is 13.6. The van der Waals surface area contributed by atoms with Crippen molar-refractivity contribution in [1.29, 1.82) is 0 Å². The number of aryl methyl sites for hydroxylation is 2. The lowest BCUT2D eigenvalue weighted by Crippen LogP contribution is -2.53. The summed E-state index contributed by atoms with van der Waals surface area (Å²) in [5.41, 5.74) is -1.53. The molecule has 1 aliphatic rings. The Balaban J connectivity index is 2.32. The maximum Gasteiger partial charge on any atom is 0.416 e. The molecule has 208 valence electrons. The van der Waals surface area contributed by atoms with Gasteiger partial charge in [-0.2, -0.15) is 26.3 Å². The number of ether oxygens (including phenoxy) is 2. The molecular formula is C26H28F6N2O4. The maximum atomic E-state index is 13.6. The molecule has 1 aliphatic heterocycles. The number of esters is 1. The fraction of sp³-hybridized carbons (Fsp3) is 0.462. The van der Waals surface area contributed by atoms with E-state index in [0.717, 1.165) is 18.2 Å². The summed E-state index contributed by atoms with van der Waals surface area (Å²) in [7, 11) is 1.00. The zero-order chi connectivity index (χ0) is 28.6. The van der Waals surface area contributed by atoms with Crippen LogP contribution >= 0.6 is 0 Å². The number of hydrogen-bond acceptors (Lipinski definition) is 5. The third kappa shape index (κ3) is 5.68. The molecule has 12 heteroatoms. The molecule has 2 aromatic rings. The molecule has 0 aromatic heterocycles. The molecular weight excluding hydrogens is 518 g/mol. The van der Waals surface area contributed by atoms with Crippen molar-refractivity contribution in [3.8, 4) is 0 Å². The lowest BCUT2D eigenvalue weighted by Gasteiger charge is -2.45. The Morgan fingerprint density at radius 3 is 1.89 bits per heavy atom. The van der Waals surface area contributed by atoms with Crippen LogP contribution in [0.1, 0.15) is 54.1 Å². The molecule has 0 fully saturated rings. The van der Waals surface area contributed by atoms with E-state index < -0.39 is 53.2 Å². The van der Waals surface area contributed by atoms with Crippen LogP contribution in [0, 0.1) is 13.8 Å². The van der Waals surface area contributed by atoms with Crippen LogP contribution in [0.4, 0.5) is 42.5 Å². The van der Waals surface area contributed by atoms with Gasteiger partial charge in [-0.05, 0) is 74.2 Å². The van der Waals surface area contributed by atoms with E-state index in [1.165, 1.54) is 9.80 Å². The van der Waals surface area contributed by atoms with Crippen molar-refractivity contribution in [1.82, 2.24) is 0 Å². The number of halogens is 6. The molecule has 6 nitrogen and oxygen atoms in total. The van der Waals surface area contributed by atoms with Crippen LogP contribution in [0.25, 0.3) is 0 Å². The number of rotatable bonds is 5. The van der Waals surface area contributed by atoms with Gasteiger partial charge in [0.25, 0.3) is 0 Å². The van der Waals surface area contributed by atoms with Gasteiger partial charge in [0.1, 0.15) is 0 Å². The standard InChI is InChI=1S/C26H28F6N2O4/c1-6-19-13-33(20-8-14(3)15(4)9-21(20)34(19)24(36)38-7-2)22(23(35)37-5)16-10-17(25(27,28)29)12-18(11-16)26(30,31)32/h8-12,19,22H,6-7,13H2,1-5H3/t19-,22?/m1/s1. The first-order chi connectivity index (χ1) is 17.6. The van der Waals surface area contributed by atoms with Gasteiger partial charge in [-0.1, -0.05) is 6.92 Å². The first-order valence-electron chi connectivity index (χ1n) is 11.8. The third-order valence-corrected chi connectivity index (χ3v) is 6.53. The van der Waals surface area contributed by atoms with E-state index in [0.29, 0.717) is 24.2 Å². The molecule has 1 amide bonds. The van der Waals surface area contributed by atoms with E-state index in [9.17, 15) is 35.9 Å². The lowest BCUT2D eigenvalue weighted by atomic mass is 9.94. The van der Waals surface area contributed by atoms with E-state index >= 15 is 0 Å². The Morgan fingerprint density at radius 1 is 0.921 bits per heavy atom. The van der Waals surface area contributed by atoms with Crippen LogP contribution in [-0.2, 0) is 26.6 Å². The molecule has 0 spiro atoms. The molecule has 2 atom stereocenters. The minimum atomic E-state index is -5.10. The first-order valence-corrected chi connectivity index (χ1v) is 11.8. The second-order valence-corrected chi connectivity index (χ2v) is 8.97. The van der Waals surface area contributed by atoms with E-state index in [-0.39, 0.29) is 24.9 Å². The van der Waals surface area contributed by atoms with Gasteiger partial charge >= 0.3 is 24.4 Å². The molecule has 0 saturated carbocycles. The molecule has 3 rings (SSSR count). The molecule has 1 heterocycles. The van der Waals surface area contributed by atoms with Crippen molar-refractivity contribution in [3.05, 3.63) is 58.1 Å². The zero-order valence-electron chi connectivity index (χ0n) is 21.5. The number of anilines is 2. The van der Waals surface area contributed by atoms with Crippen molar-refractivity contribution in [2.75, 3.05) is 30.1 Å². The van der Waals surface area contributed by atoms with Gasteiger partial charge in [0.05, 0.1) is 42.3 Å². The number of amides is 1. The summed E-state index contributed by atoms with van der Waals surface area (Å²) in [5, 5.41) is 0. The molecule has 0 aliphatic carbocycles. The predicted octanol–water partition coefficient (Wildman–Crippen LogP) is 6.82. The number of methoxy groups -OCH3 is 1. The van der Waals surface area contributed by atoms with Crippen molar-refractivity contribution >= 4 is 23.4 Å². The SMILES string of the molecule is CCOC(=O)N1c2cc(C)c(C)cc2N(C(C(=O)OC)c2cc(C(F)(F)F)cc(C(F)(F)F)c2)C[C@H]1CC. The average molecular weight is 547 g/mol. The number of nitrogens with zero attached hydrogens (tertiary/aromatic N) is 2. The van der Waals surface area contributed by atoms with E-state index in [4.69, 9.17) is 9.47 Å². The topological polar surface area (TPSA) is 59.1 Å². The van der Waals surface area contributed by atoms with Crippen LogP contribution in [0.15, 0.2) is 30.3 Å². The molecule has 0 N–H and O–H groups in total. The highest BCUT2D eigenvalue weighted by Crippen LogP contribution is 2.45. The number of benzene rings is 2. The minimum absolute atomic E-state index is 0.00678. The van der Waals surface area contributed by atoms with Gasteiger partial charge < -0.3 is 14.4 Å². The smallest absolute Gasteiger partial charge is 0.416 e. The quantitative estimate of drug-likeness (QED) is 0.304. The fourth-order valence-electron chi connectivity index (χ4n) is 4.50. The van der Waals surface area contributed by atoms with Crippen molar-refractivity contribution < 1.29 is 45.4 Å². The monoisotopic (exact) mass is 546 g/mol. The normalized spacial score (nSPS) is 16.7. The fourth-order valence-corrected chi connectivity index (χ4v) is 4.50. The lowest BCUT2D eigenvalue weighted by molar-refractivity contribution is -0.145. The zero-order valence-corrected chi connectivity index (χ0v) is 21.5. The van der Waals surface area contributed by atoms with Crippen molar-refractivity contribution in [3.63, 3.8) is 0 Å². The summed E-state index contributed by atoms with van der Waals surface area (Å²) in [6.07, 6.45) is -10.5. The highest BCUT2D eigenvalue weighted by molar-refractivity contribution is 5.96. The number of hydrogen-bond donors (Lipinski definition) is 0. The summed E-state index contributed by atoms with van der Waals surface area (Å²) in [4.78, 5) is 28.8. The summed E-state index contributed by atoms with van der Waals surface area (Å²) in [6, 6.07) is 2.10. The number of carbonyl (C=O) groups excluding carboxylic acids is 2. The van der Waals surface area contributed by atoms with E-state index in [1.807, 2.05) is 0 Å². The molecule has 0 radical (unpaired) electrons. The van der Waals surface area contributed by atoms with Gasteiger partial charge in [-0.3, -0.25) is 4.90 Å². The Morgan fingerprint density at radius 2 is 1.45 bits per heavy atom. The summed E-state index contributed by atoms with van der Waals surface area (Å²) >= 11 is 0. The second-order valence-electron chi connectivity index (χ2n) is 8.97. The molecule has 0 bridgehead atoms. The molecule has 0 saturated heterocycles. The van der Waals surface area contributed by atoms with Gasteiger partial charge in [0.15, 0.2) is 6.04 Å². The Labute approximate surface area is 216 Å². The predicted molar refractivity (Wildman–Crippen MR) is 128 cm³/mol. The first kappa shape index (κ1) is 29.1. The Kier molecular flexibility index (Phi) is 8.23. The average Bonchev–Trinajstić information content (AvgIpc) is 2.83. The van der Waals surface area contributed by atoms with Gasteiger partial charge in [-0.25, -0.2) is 9.59 Å². The van der Waals surface area contributed by atoms with Gasteiger partial charge in [-0.15, -0.1) is 0 Å².